The first-order valence-electron chi connectivity index (χ1n) is 9.36. The fraction of sp³-hybridized carbons (Fsp3) is 0.182. The Hall–Kier alpha value is -2.61. The van der Waals surface area contributed by atoms with Gasteiger partial charge in [-0.1, -0.05) is 39.7 Å². The first kappa shape index (κ1) is 22.1. The van der Waals surface area contributed by atoms with Crippen LogP contribution < -0.4 is 15.4 Å². The van der Waals surface area contributed by atoms with E-state index in [0.717, 1.165) is 33.6 Å². The van der Waals surface area contributed by atoms with E-state index in [1.807, 2.05) is 42.5 Å². The zero-order valence-electron chi connectivity index (χ0n) is 16.1. The van der Waals surface area contributed by atoms with Gasteiger partial charge in [0.2, 0.25) is 0 Å². The van der Waals surface area contributed by atoms with Crippen molar-refractivity contribution >= 4 is 38.9 Å². The molecular formula is C22H21BrClN3O3. The van der Waals surface area contributed by atoms with Gasteiger partial charge in [0.25, 0.3) is 5.69 Å². The van der Waals surface area contributed by atoms with Crippen LogP contribution in [0.4, 0.5) is 11.4 Å². The van der Waals surface area contributed by atoms with Crippen molar-refractivity contribution in [3.05, 3.63) is 97.5 Å². The van der Waals surface area contributed by atoms with Gasteiger partial charge in [0.05, 0.1) is 4.92 Å². The van der Waals surface area contributed by atoms with E-state index in [1.54, 1.807) is 12.1 Å². The number of non-ortho nitro benzene ring substituents is 1. The van der Waals surface area contributed by atoms with E-state index in [9.17, 15) is 10.1 Å². The van der Waals surface area contributed by atoms with Gasteiger partial charge in [0, 0.05) is 52.5 Å². The third kappa shape index (κ3) is 6.73. The monoisotopic (exact) mass is 489 g/mol. The molecule has 0 aliphatic carbocycles. The van der Waals surface area contributed by atoms with E-state index in [1.165, 1.54) is 12.1 Å². The lowest BCUT2D eigenvalue weighted by molar-refractivity contribution is -0.384. The van der Waals surface area contributed by atoms with Crippen molar-refractivity contribution in [3.63, 3.8) is 0 Å². The summed E-state index contributed by atoms with van der Waals surface area (Å²) in [6, 6.07) is 19.9. The van der Waals surface area contributed by atoms with E-state index in [2.05, 4.69) is 26.6 Å². The molecule has 3 rings (SSSR count). The molecule has 3 aromatic rings. The van der Waals surface area contributed by atoms with Crippen LogP contribution in [0.2, 0.25) is 5.02 Å². The summed E-state index contributed by atoms with van der Waals surface area (Å²) in [6.07, 6.45) is 0. The fourth-order valence-electron chi connectivity index (χ4n) is 2.79. The molecule has 0 saturated carbocycles. The molecule has 0 unspecified atom stereocenters. The molecule has 0 aromatic heterocycles. The Morgan fingerprint density at radius 3 is 2.43 bits per heavy atom. The van der Waals surface area contributed by atoms with Crippen LogP contribution in [0.15, 0.2) is 71.2 Å². The molecule has 30 heavy (non-hydrogen) atoms. The predicted octanol–water partition coefficient (Wildman–Crippen LogP) is 5.79. The number of halogens is 2. The quantitative estimate of drug-likeness (QED) is 0.214. The maximum Gasteiger partial charge on any atom is 0.269 e. The van der Waals surface area contributed by atoms with Crippen molar-refractivity contribution in [3.8, 4) is 5.75 Å². The molecule has 3 aromatic carbocycles. The lowest BCUT2D eigenvalue weighted by atomic mass is 10.2. The third-order valence-electron chi connectivity index (χ3n) is 4.35. The van der Waals surface area contributed by atoms with Crippen molar-refractivity contribution in [2.75, 3.05) is 18.4 Å². The number of ether oxygens (including phenoxy) is 1. The molecule has 2 N–H and O–H groups in total. The number of nitro benzene ring substituents is 1. The van der Waals surface area contributed by atoms with Crippen molar-refractivity contribution in [1.29, 1.82) is 0 Å². The predicted molar refractivity (Wildman–Crippen MR) is 123 cm³/mol. The van der Waals surface area contributed by atoms with Crippen LogP contribution in [0, 0.1) is 10.1 Å². The van der Waals surface area contributed by atoms with E-state index >= 15 is 0 Å². The van der Waals surface area contributed by atoms with Gasteiger partial charge < -0.3 is 15.4 Å². The Bertz CT molecular complexity index is 982. The van der Waals surface area contributed by atoms with Crippen LogP contribution in [-0.4, -0.2) is 18.0 Å². The Labute approximate surface area is 188 Å². The van der Waals surface area contributed by atoms with Crippen molar-refractivity contribution in [1.82, 2.24) is 5.32 Å². The number of nitrogens with one attached hydrogen (secondary N) is 2. The largest absolute Gasteiger partial charge is 0.489 e. The SMILES string of the molecule is O=[N+]([O-])c1ccc(NCCNCc2cc(Br)ccc2OCc2ccc(Cl)cc2)cc1. The molecule has 0 spiro atoms. The molecule has 0 bridgehead atoms. The van der Waals surface area contributed by atoms with Gasteiger partial charge >= 0.3 is 0 Å². The van der Waals surface area contributed by atoms with E-state index in [4.69, 9.17) is 16.3 Å². The van der Waals surface area contributed by atoms with Crippen LogP contribution in [0.1, 0.15) is 11.1 Å². The molecule has 0 heterocycles. The number of hydrogen-bond acceptors (Lipinski definition) is 5. The maximum atomic E-state index is 10.7. The highest BCUT2D eigenvalue weighted by atomic mass is 79.9. The van der Waals surface area contributed by atoms with Crippen LogP contribution in [-0.2, 0) is 13.2 Å². The topological polar surface area (TPSA) is 76.4 Å². The summed E-state index contributed by atoms with van der Waals surface area (Å²) in [5, 5.41) is 18.0. The molecule has 0 aliphatic rings. The lowest BCUT2D eigenvalue weighted by Gasteiger charge is -2.13. The van der Waals surface area contributed by atoms with Gasteiger partial charge in [0.15, 0.2) is 0 Å². The highest BCUT2D eigenvalue weighted by Crippen LogP contribution is 2.24. The summed E-state index contributed by atoms with van der Waals surface area (Å²) >= 11 is 9.44. The van der Waals surface area contributed by atoms with Gasteiger partial charge in [-0.15, -0.1) is 0 Å². The smallest absolute Gasteiger partial charge is 0.269 e. The second kappa shape index (κ2) is 11.0. The second-order valence-corrected chi connectivity index (χ2v) is 7.93. The molecule has 8 heteroatoms. The summed E-state index contributed by atoms with van der Waals surface area (Å²) in [4.78, 5) is 10.3. The molecule has 6 nitrogen and oxygen atoms in total. The molecule has 156 valence electrons. The van der Waals surface area contributed by atoms with Gasteiger partial charge in [-0.25, -0.2) is 0 Å². The van der Waals surface area contributed by atoms with E-state index in [0.29, 0.717) is 24.7 Å². The number of anilines is 1. The Morgan fingerprint density at radius 2 is 1.73 bits per heavy atom. The van der Waals surface area contributed by atoms with Crippen LogP contribution in [0.25, 0.3) is 0 Å². The van der Waals surface area contributed by atoms with Crippen molar-refractivity contribution < 1.29 is 9.66 Å². The first-order valence-corrected chi connectivity index (χ1v) is 10.5. The Balaban J connectivity index is 1.47. The highest BCUT2D eigenvalue weighted by Gasteiger charge is 2.06. The highest BCUT2D eigenvalue weighted by molar-refractivity contribution is 9.10. The molecule has 0 atom stereocenters. The summed E-state index contributed by atoms with van der Waals surface area (Å²) in [6.45, 7) is 2.53. The number of hydrogen-bond donors (Lipinski definition) is 2. The zero-order chi connectivity index (χ0) is 21.3. The second-order valence-electron chi connectivity index (χ2n) is 6.57. The molecule has 0 amide bonds. The van der Waals surface area contributed by atoms with Crippen LogP contribution in [0.5, 0.6) is 5.75 Å². The number of rotatable bonds is 10. The minimum atomic E-state index is -0.407. The number of benzene rings is 3. The van der Waals surface area contributed by atoms with Crippen LogP contribution in [0.3, 0.4) is 0 Å². The van der Waals surface area contributed by atoms with Gasteiger partial charge in [-0.3, -0.25) is 10.1 Å². The number of nitrogens with zero attached hydrogens (tertiary/aromatic N) is 1. The van der Waals surface area contributed by atoms with Crippen LogP contribution >= 0.6 is 27.5 Å². The molecule has 0 fully saturated rings. The minimum Gasteiger partial charge on any atom is -0.489 e. The summed E-state index contributed by atoms with van der Waals surface area (Å²) in [5.74, 6) is 0.823. The van der Waals surface area contributed by atoms with Gasteiger partial charge in [0.1, 0.15) is 12.4 Å². The van der Waals surface area contributed by atoms with Gasteiger partial charge in [-0.2, -0.15) is 0 Å². The molecule has 0 radical (unpaired) electrons. The first-order chi connectivity index (χ1) is 14.5. The minimum absolute atomic E-state index is 0.0828. The third-order valence-corrected chi connectivity index (χ3v) is 5.10. The maximum absolute atomic E-state index is 10.7. The molecule has 0 saturated heterocycles. The standard InChI is InChI=1S/C22H21BrClN3O3/c23-18-3-10-22(30-15-16-1-4-19(24)5-2-16)17(13-18)14-25-11-12-26-20-6-8-21(9-7-20)27(28)29/h1-10,13,25-26H,11-12,14-15H2. The lowest BCUT2D eigenvalue weighted by Crippen LogP contribution is -2.22. The molecule has 0 aliphatic heterocycles. The normalized spacial score (nSPS) is 10.6. The van der Waals surface area contributed by atoms with Gasteiger partial charge in [-0.05, 0) is 48.0 Å². The summed E-state index contributed by atoms with van der Waals surface area (Å²) < 4.78 is 6.99. The summed E-state index contributed by atoms with van der Waals surface area (Å²) in [5.41, 5.74) is 3.03. The summed E-state index contributed by atoms with van der Waals surface area (Å²) in [7, 11) is 0. The molecular weight excluding hydrogens is 470 g/mol. The Morgan fingerprint density at radius 1 is 1.00 bits per heavy atom. The van der Waals surface area contributed by atoms with E-state index in [-0.39, 0.29) is 5.69 Å². The Kier molecular flexibility index (Phi) is 8.07. The van der Waals surface area contributed by atoms with Crippen molar-refractivity contribution in [2.24, 2.45) is 0 Å². The average Bonchev–Trinajstić information content (AvgIpc) is 2.74. The van der Waals surface area contributed by atoms with Crippen molar-refractivity contribution in [2.45, 2.75) is 13.2 Å². The van der Waals surface area contributed by atoms with E-state index < -0.39 is 4.92 Å². The fourth-order valence-corrected chi connectivity index (χ4v) is 3.32. The number of nitro groups is 1. The zero-order valence-corrected chi connectivity index (χ0v) is 18.4. The average molecular weight is 491 g/mol.